The summed E-state index contributed by atoms with van der Waals surface area (Å²) in [4.78, 5) is 6.95. The predicted molar refractivity (Wildman–Crippen MR) is 119 cm³/mol. The zero-order valence-electron chi connectivity index (χ0n) is 18.9. The van der Waals surface area contributed by atoms with Crippen molar-refractivity contribution in [3.63, 3.8) is 0 Å². The summed E-state index contributed by atoms with van der Waals surface area (Å²) in [7, 11) is 6.78. The summed E-state index contributed by atoms with van der Waals surface area (Å²) in [5.74, 6) is 3.82. The van der Waals surface area contributed by atoms with E-state index in [0.29, 0.717) is 6.04 Å². The summed E-state index contributed by atoms with van der Waals surface area (Å²) >= 11 is 0. The van der Waals surface area contributed by atoms with Gasteiger partial charge in [-0.05, 0) is 25.2 Å². The molecule has 0 atom stereocenters. The molecule has 0 bridgehead atoms. The standard InChI is InChI=1S/C22H38N4O3/c1-16(2)15-26-11-8-17(9-12-26)25-22(23-3)24-10-7-19-20(28-5)13-18(27-4)14-21(19)29-6/h13-14,16-17H,7-12,15H2,1-6H3,(H2,23,24,25). The number of guanidine groups is 1. The van der Waals surface area contributed by atoms with Crippen LogP contribution in [0.4, 0.5) is 0 Å². The molecule has 7 nitrogen and oxygen atoms in total. The van der Waals surface area contributed by atoms with Crippen LogP contribution < -0.4 is 24.8 Å². The first kappa shape index (κ1) is 23.1. The average molecular weight is 407 g/mol. The zero-order valence-corrected chi connectivity index (χ0v) is 18.9. The van der Waals surface area contributed by atoms with Crippen molar-refractivity contribution in [2.24, 2.45) is 10.9 Å². The highest BCUT2D eigenvalue weighted by Gasteiger charge is 2.20. The first-order valence-corrected chi connectivity index (χ1v) is 10.5. The first-order chi connectivity index (χ1) is 14.0. The Labute approximate surface area is 175 Å². The molecule has 0 radical (unpaired) electrons. The fourth-order valence-electron chi connectivity index (χ4n) is 3.79. The normalized spacial score (nSPS) is 16.0. The van der Waals surface area contributed by atoms with E-state index in [1.54, 1.807) is 21.3 Å². The number of hydrogen-bond acceptors (Lipinski definition) is 5. The number of nitrogens with zero attached hydrogens (tertiary/aromatic N) is 2. The van der Waals surface area contributed by atoms with Gasteiger partial charge in [-0.3, -0.25) is 4.99 Å². The molecule has 2 rings (SSSR count). The van der Waals surface area contributed by atoms with Gasteiger partial charge in [0.1, 0.15) is 17.2 Å². The van der Waals surface area contributed by atoms with E-state index < -0.39 is 0 Å². The molecule has 0 aliphatic carbocycles. The Hall–Kier alpha value is -2.15. The highest BCUT2D eigenvalue weighted by Crippen LogP contribution is 2.34. The van der Waals surface area contributed by atoms with Gasteiger partial charge in [-0.15, -0.1) is 0 Å². The number of nitrogens with one attached hydrogen (secondary N) is 2. The lowest BCUT2D eigenvalue weighted by atomic mass is 10.0. The van der Waals surface area contributed by atoms with E-state index in [9.17, 15) is 0 Å². The molecule has 0 unspecified atom stereocenters. The minimum absolute atomic E-state index is 0.467. The van der Waals surface area contributed by atoms with Crippen LogP contribution in [-0.4, -0.2) is 71.5 Å². The van der Waals surface area contributed by atoms with Crippen molar-refractivity contribution in [2.45, 2.75) is 39.2 Å². The summed E-state index contributed by atoms with van der Waals surface area (Å²) in [6.45, 7) is 8.77. The predicted octanol–water partition coefficient (Wildman–Crippen LogP) is 2.54. The van der Waals surface area contributed by atoms with E-state index in [1.807, 2.05) is 19.2 Å². The van der Waals surface area contributed by atoms with E-state index in [4.69, 9.17) is 14.2 Å². The number of piperidine rings is 1. The molecule has 0 spiro atoms. The molecular weight excluding hydrogens is 368 g/mol. The van der Waals surface area contributed by atoms with Gasteiger partial charge in [-0.1, -0.05) is 13.8 Å². The summed E-state index contributed by atoms with van der Waals surface area (Å²) in [5, 5.41) is 6.99. The maximum absolute atomic E-state index is 5.53. The molecule has 1 saturated heterocycles. The van der Waals surface area contributed by atoms with Crippen molar-refractivity contribution in [2.75, 3.05) is 54.6 Å². The van der Waals surface area contributed by atoms with Crippen LogP contribution >= 0.6 is 0 Å². The Balaban J connectivity index is 1.86. The van der Waals surface area contributed by atoms with Crippen LogP contribution in [-0.2, 0) is 6.42 Å². The number of benzene rings is 1. The van der Waals surface area contributed by atoms with Crippen LogP contribution in [0.25, 0.3) is 0 Å². The van der Waals surface area contributed by atoms with Crippen LogP contribution in [0.5, 0.6) is 17.2 Å². The van der Waals surface area contributed by atoms with Gasteiger partial charge in [0.05, 0.1) is 21.3 Å². The molecule has 1 aliphatic heterocycles. The Morgan fingerprint density at radius 2 is 1.72 bits per heavy atom. The topological polar surface area (TPSA) is 67.4 Å². The molecule has 1 aliphatic rings. The second-order valence-electron chi connectivity index (χ2n) is 7.87. The fraction of sp³-hybridized carbons (Fsp3) is 0.682. The van der Waals surface area contributed by atoms with Crippen molar-refractivity contribution >= 4 is 5.96 Å². The average Bonchev–Trinajstić information content (AvgIpc) is 2.73. The van der Waals surface area contributed by atoms with E-state index in [2.05, 4.69) is 34.4 Å². The molecular formula is C22H38N4O3. The van der Waals surface area contributed by atoms with Crippen molar-refractivity contribution in [3.05, 3.63) is 17.7 Å². The number of ether oxygens (including phenoxy) is 3. The summed E-state index contributed by atoms with van der Waals surface area (Å²) in [6, 6.07) is 4.24. The molecule has 2 N–H and O–H groups in total. The van der Waals surface area contributed by atoms with E-state index in [1.165, 1.54) is 6.54 Å². The third-order valence-corrected chi connectivity index (χ3v) is 5.26. The van der Waals surface area contributed by atoms with Gasteiger partial charge in [0, 0.05) is 57.0 Å². The Kier molecular flexibility index (Phi) is 9.38. The van der Waals surface area contributed by atoms with Crippen LogP contribution in [0.1, 0.15) is 32.3 Å². The van der Waals surface area contributed by atoms with Gasteiger partial charge in [0.2, 0.25) is 0 Å². The van der Waals surface area contributed by atoms with Gasteiger partial charge in [0.15, 0.2) is 5.96 Å². The third kappa shape index (κ3) is 6.99. The lowest BCUT2D eigenvalue weighted by molar-refractivity contribution is 0.187. The molecule has 1 heterocycles. The van der Waals surface area contributed by atoms with Gasteiger partial charge >= 0.3 is 0 Å². The smallest absolute Gasteiger partial charge is 0.191 e. The summed E-state index contributed by atoms with van der Waals surface area (Å²) in [6.07, 6.45) is 3.05. The quantitative estimate of drug-likeness (QED) is 0.485. The second-order valence-corrected chi connectivity index (χ2v) is 7.87. The maximum Gasteiger partial charge on any atom is 0.191 e. The molecule has 29 heavy (non-hydrogen) atoms. The van der Waals surface area contributed by atoms with Crippen LogP contribution in [0.2, 0.25) is 0 Å². The molecule has 1 aromatic carbocycles. The van der Waals surface area contributed by atoms with Crippen LogP contribution in [0.3, 0.4) is 0 Å². The molecule has 1 aromatic rings. The van der Waals surface area contributed by atoms with E-state index in [-0.39, 0.29) is 0 Å². The monoisotopic (exact) mass is 406 g/mol. The van der Waals surface area contributed by atoms with Gasteiger partial charge in [-0.25, -0.2) is 0 Å². The highest BCUT2D eigenvalue weighted by molar-refractivity contribution is 5.80. The largest absolute Gasteiger partial charge is 0.496 e. The first-order valence-electron chi connectivity index (χ1n) is 10.5. The minimum Gasteiger partial charge on any atom is -0.496 e. The van der Waals surface area contributed by atoms with Crippen LogP contribution in [0, 0.1) is 5.92 Å². The Morgan fingerprint density at radius 3 is 2.21 bits per heavy atom. The minimum atomic E-state index is 0.467. The van der Waals surface area contributed by atoms with Crippen molar-refractivity contribution in [1.82, 2.24) is 15.5 Å². The summed E-state index contributed by atoms with van der Waals surface area (Å²) < 4.78 is 16.4. The number of methoxy groups -OCH3 is 3. The van der Waals surface area contributed by atoms with E-state index in [0.717, 1.165) is 73.6 Å². The van der Waals surface area contributed by atoms with Crippen LogP contribution in [0.15, 0.2) is 17.1 Å². The summed E-state index contributed by atoms with van der Waals surface area (Å²) in [5.41, 5.74) is 1.01. The molecule has 164 valence electrons. The van der Waals surface area contributed by atoms with Gasteiger partial charge in [-0.2, -0.15) is 0 Å². The van der Waals surface area contributed by atoms with Gasteiger partial charge in [0.25, 0.3) is 0 Å². The SMILES string of the molecule is CN=C(NCCc1c(OC)cc(OC)cc1OC)NC1CCN(CC(C)C)CC1. The second kappa shape index (κ2) is 11.8. The third-order valence-electron chi connectivity index (χ3n) is 5.26. The van der Waals surface area contributed by atoms with Gasteiger partial charge < -0.3 is 29.7 Å². The lowest BCUT2D eigenvalue weighted by Crippen LogP contribution is -2.49. The number of aliphatic imine (C=N–C) groups is 1. The maximum atomic E-state index is 5.53. The number of hydrogen-bond donors (Lipinski definition) is 2. The van der Waals surface area contributed by atoms with E-state index >= 15 is 0 Å². The highest BCUT2D eigenvalue weighted by atomic mass is 16.5. The molecule has 0 saturated carbocycles. The molecule has 1 fully saturated rings. The molecule has 0 aromatic heterocycles. The van der Waals surface area contributed by atoms with Crippen molar-refractivity contribution < 1.29 is 14.2 Å². The fourth-order valence-corrected chi connectivity index (χ4v) is 3.79. The van der Waals surface area contributed by atoms with Crippen molar-refractivity contribution in [1.29, 1.82) is 0 Å². The Morgan fingerprint density at radius 1 is 1.10 bits per heavy atom. The Bertz CT molecular complexity index is 630. The molecule has 7 heteroatoms. The van der Waals surface area contributed by atoms with Crippen molar-refractivity contribution in [3.8, 4) is 17.2 Å². The lowest BCUT2D eigenvalue weighted by Gasteiger charge is -2.34. The molecule has 0 amide bonds. The number of likely N-dealkylation sites (tertiary alicyclic amines) is 1. The zero-order chi connectivity index (χ0) is 21.2. The number of rotatable bonds is 9.